The van der Waals surface area contributed by atoms with Crippen LogP contribution < -0.4 is 0 Å². The van der Waals surface area contributed by atoms with Gasteiger partial charge in [0.15, 0.2) is 0 Å². The first-order valence-electron chi connectivity index (χ1n) is 10.1. The second kappa shape index (κ2) is 10.9. The highest BCUT2D eigenvalue weighted by atomic mass is 16.2. The van der Waals surface area contributed by atoms with E-state index in [0.29, 0.717) is 18.0 Å². The molecule has 1 rings (SSSR count). The van der Waals surface area contributed by atoms with E-state index >= 15 is 0 Å². The van der Waals surface area contributed by atoms with Crippen molar-refractivity contribution in [1.82, 2.24) is 4.90 Å². The van der Waals surface area contributed by atoms with Crippen LogP contribution in [0.4, 0.5) is 0 Å². The van der Waals surface area contributed by atoms with Crippen LogP contribution in [0, 0.1) is 0 Å². The van der Waals surface area contributed by atoms with Crippen molar-refractivity contribution < 1.29 is 4.79 Å². The van der Waals surface area contributed by atoms with E-state index in [1.807, 2.05) is 0 Å². The summed E-state index contributed by atoms with van der Waals surface area (Å²) in [5.74, 6) is 0.334. The van der Waals surface area contributed by atoms with Gasteiger partial charge in [0.25, 0.3) is 0 Å². The van der Waals surface area contributed by atoms with Crippen LogP contribution in [-0.2, 0) is 4.79 Å². The van der Waals surface area contributed by atoms with E-state index in [0.717, 1.165) is 19.3 Å². The summed E-state index contributed by atoms with van der Waals surface area (Å²) in [5.41, 5.74) is 2.65. The van der Waals surface area contributed by atoms with Gasteiger partial charge in [0.1, 0.15) is 0 Å². The monoisotopic (exact) mass is 321 g/mol. The topological polar surface area (TPSA) is 20.3 Å². The third-order valence-electron chi connectivity index (χ3n) is 5.10. The Kier molecular flexibility index (Phi) is 9.59. The zero-order valence-corrected chi connectivity index (χ0v) is 16.3. The Hall–Kier alpha value is -0.790. The maximum Gasteiger partial charge on any atom is 0.250 e. The summed E-state index contributed by atoms with van der Waals surface area (Å²) in [6, 6.07) is 0.674. The molecule has 2 nitrogen and oxygen atoms in total. The fraction of sp³-hybridized carbons (Fsp3) is 0.857. The van der Waals surface area contributed by atoms with Crippen molar-refractivity contribution in [1.29, 1.82) is 0 Å². The number of rotatable bonds is 11. The van der Waals surface area contributed by atoms with Crippen LogP contribution >= 0.6 is 0 Å². The second-order valence-corrected chi connectivity index (χ2v) is 7.56. The van der Waals surface area contributed by atoms with Gasteiger partial charge in [0.2, 0.25) is 5.91 Å². The SMILES string of the molecule is CCCCCCC1=C(CCCCCC)C(=O)N(C(C)C)[C@H](C)C1. The molecule has 0 unspecified atom stereocenters. The minimum Gasteiger partial charge on any atom is -0.333 e. The van der Waals surface area contributed by atoms with Gasteiger partial charge in [-0.15, -0.1) is 0 Å². The first-order valence-corrected chi connectivity index (χ1v) is 10.1. The number of unbranched alkanes of at least 4 members (excludes halogenated alkanes) is 6. The minimum absolute atomic E-state index is 0.310. The molecular weight excluding hydrogens is 282 g/mol. The van der Waals surface area contributed by atoms with Gasteiger partial charge in [-0.05, 0) is 52.9 Å². The molecule has 0 radical (unpaired) electrons. The molecule has 0 bridgehead atoms. The Morgan fingerprint density at radius 3 is 2.04 bits per heavy atom. The van der Waals surface area contributed by atoms with Crippen LogP contribution in [0.1, 0.15) is 105 Å². The van der Waals surface area contributed by atoms with Crippen LogP contribution in [0.3, 0.4) is 0 Å². The fourth-order valence-electron chi connectivity index (χ4n) is 3.86. The van der Waals surface area contributed by atoms with Crippen molar-refractivity contribution in [3.05, 3.63) is 11.1 Å². The fourth-order valence-corrected chi connectivity index (χ4v) is 3.86. The summed E-state index contributed by atoms with van der Waals surface area (Å²) >= 11 is 0. The molecule has 23 heavy (non-hydrogen) atoms. The Morgan fingerprint density at radius 1 is 0.957 bits per heavy atom. The molecule has 0 aromatic rings. The van der Waals surface area contributed by atoms with Crippen molar-refractivity contribution in [3.63, 3.8) is 0 Å². The van der Waals surface area contributed by atoms with Crippen LogP contribution in [0.25, 0.3) is 0 Å². The molecular formula is C21H39NO. The Labute approximate surface area is 144 Å². The van der Waals surface area contributed by atoms with Crippen molar-refractivity contribution in [2.45, 2.75) is 117 Å². The van der Waals surface area contributed by atoms with Gasteiger partial charge in [-0.2, -0.15) is 0 Å². The number of carbonyl (C=O) groups excluding carboxylic acids is 1. The summed E-state index contributed by atoms with van der Waals surface area (Å²) in [7, 11) is 0. The van der Waals surface area contributed by atoms with Crippen LogP contribution in [0.5, 0.6) is 0 Å². The number of hydrogen-bond acceptors (Lipinski definition) is 1. The smallest absolute Gasteiger partial charge is 0.250 e. The molecule has 2 heteroatoms. The third kappa shape index (κ3) is 6.31. The number of nitrogens with zero attached hydrogens (tertiary/aromatic N) is 1. The van der Waals surface area contributed by atoms with Crippen molar-refractivity contribution in [2.24, 2.45) is 0 Å². The summed E-state index contributed by atoms with van der Waals surface area (Å²) in [5, 5.41) is 0. The first kappa shape index (κ1) is 20.3. The van der Waals surface area contributed by atoms with E-state index in [9.17, 15) is 4.79 Å². The maximum absolute atomic E-state index is 13.0. The van der Waals surface area contributed by atoms with Crippen LogP contribution in [0.2, 0.25) is 0 Å². The van der Waals surface area contributed by atoms with E-state index in [4.69, 9.17) is 0 Å². The molecule has 1 aliphatic heterocycles. The highest BCUT2D eigenvalue weighted by molar-refractivity contribution is 5.95. The molecule has 0 spiro atoms. The summed E-state index contributed by atoms with van der Waals surface area (Å²) < 4.78 is 0. The van der Waals surface area contributed by atoms with Gasteiger partial charge in [0.05, 0.1) is 0 Å². The molecule has 0 fully saturated rings. The van der Waals surface area contributed by atoms with Gasteiger partial charge in [-0.3, -0.25) is 4.79 Å². The molecule has 0 aromatic heterocycles. The molecule has 0 N–H and O–H groups in total. The lowest BCUT2D eigenvalue weighted by atomic mass is 9.87. The van der Waals surface area contributed by atoms with Gasteiger partial charge in [-0.25, -0.2) is 0 Å². The molecule has 1 atom stereocenters. The first-order chi connectivity index (χ1) is 11.0. The molecule has 1 heterocycles. The van der Waals surface area contributed by atoms with Crippen LogP contribution in [0.15, 0.2) is 11.1 Å². The maximum atomic E-state index is 13.0. The summed E-state index contributed by atoms with van der Waals surface area (Å²) in [4.78, 5) is 15.1. The van der Waals surface area contributed by atoms with E-state index < -0.39 is 0 Å². The Bertz CT molecular complexity index is 383. The zero-order valence-electron chi connectivity index (χ0n) is 16.3. The number of amides is 1. The molecule has 0 saturated heterocycles. The van der Waals surface area contributed by atoms with Gasteiger partial charge < -0.3 is 4.90 Å². The van der Waals surface area contributed by atoms with Crippen molar-refractivity contribution >= 4 is 5.91 Å². The molecule has 0 saturated carbocycles. The molecule has 134 valence electrons. The molecule has 1 aliphatic rings. The van der Waals surface area contributed by atoms with E-state index in [1.54, 1.807) is 0 Å². The lowest BCUT2D eigenvalue weighted by Gasteiger charge is -2.39. The predicted molar refractivity (Wildman–Crippen MR) is 101 cm³/mol. The van der Waals surface area contributed by atoms with Crippen molar-refractivity contribution in [2.75, 3.05) is 0 Å². The third-order valence-corrected chi connectivity index (χ3v) is 5.10. The highest BCUT2D eigenvalue weighted by Crippen LogP contribution is 2.32. The van der Waals surface area contributed by atoms with Gasteiger partial charge in [-0.1, -0.05) is 57.9 Å². The predicted octanol–water partition coefficient (Wildman–Crippen LogP) is 6.25. The normalized spacial score (nSPS) is 19.1. The summed E-state index contributed by atoms with van der Waals surface area (Å²) in [6.07, 6.45) is 13.4. The largest absolute Gasteiger partial charge is 0.333 e. The zero-order chi connectivity index (χ0) is 17.2. The van der Waals surface area contributed by atoms with E-state index in [-0.39, 0.29) is 0 Å². The molecule has 0 aromatic carbocycles. The van der Waals surface area contributed by atoms with Gasteiger partial charge in [0, 0.05) is 17.7 Å². The molecule has 0 aliphatic carbocycles. The van der Waals surface area contributed by atoms with Crippen LogP contribution in [-0.4, -0.2) is 22.9 Å². The summed E-state index contributed by atoms with van der Waals surface area (Å²) in [6.45, 7) is 11.0. The standard InChI is InChI=1S/C21H39NO/c1-6-8-10-12-14-19-16-18(5)22(17(3)4)21(23)20(19)15-13-11-9-7-2/h17-18H,6-16H2,1-5H3/t18-/m1/s1. The Morgan fingerprint density at radius 2 is 1.52 bits per heavy atom. The Balaban J connectivity index is 2.79. The average molecular weight is 322 g/mol. The van der Waals surface area contributed by atoms with Crippen molar-refractivity contribution in [3.8, 4) is 0 Å². The van der Waals surface area contributed by atoms with Gasteiger partial charge >= 0.3 is 0 Å². The highest BCUT2D eigenvalue weighted by Gasteiger charge is 2.32. The lowest BCUT2D eigenvalue weighted by Crippen LogP contribution is -2.47. The van der Waals surface area contributed by atoms with E-state index in [1.165, 1.54) is 62.5 Å². The number of hydrogen-bond donors (Lipinski definition) is 0. The average Bonchev–Trinajstić information content (AvgIpc) is 2.49. The minimum atomic E-state index is 0.310. The molecule has 1 amide bonds. The quantitative estimate of drug-likeness (QED) is 0.412. The van der Waals surface area contributed by atoms with E-state index in [2.05, 4.69) is 39.5 Å². The second-order valence-electron chi connectivity index (χ2n) is 7.56. The lowest BCUT2D eigenvalue weighted by molar-refractivity contribution is -0.132. The number of carbonyl (C=O) groups is 1.